The van der Waals surface area contributed by atoms with E-state index in [4.69, 9.17) is 0 Å². The Morgan fingerprint density at radius 2 is 2.30 bits per heavy atom. The molecule has 0 amide bonds. The molecule has 0 radical (unpaired) electrons. The van der Waals surface area contributed by atoms with Gasteiger partial charge in [0.25, 0.3) is 0 Å². The molecule has 1 rings (SSSR count). The van der Waals surface area contributed by atoms with Crippen LogP contribution in [-0.4, -0.2) is 23.0 Å². The largest absolute Gasteiger partial charge is 0.359 e. The van der Waals surface area contributed by atoms with Crippen molar-refractivity contribution in [3.63, 3.8) is 0 Å². The van der Waals surface area contributed by atoms with Crippen molar-refractivity contribution in [3.8, 4) is 0 Å². The van der Waals surface area contributed by atoms with Crippen LogP contribution in [0.1, 0.15) is 6.92 Å². The maximum absolute atomic E-state index is 3.66. The average molecular weight is 144 g/mol. The molecule has 0 N–H and O–H groups in total. The van der Waals surface area contributed by atoms with Gasteiger partial charge >= 0.3 is 0 Å². The summed E-state index contributed by atoms with van der Waals surface area (Å²) in [6.07, 6.45) is 5.92. The van der Waals surface area contributed by atoms with E-state index in [0.29, 0.717) is 0 Å². The van der Waals surface area contributed by atoms with Gasteiger partial charge in [-0.1, -0.05) is 6.58 Å². The first-order valence-corrected chi connectivity index (χ1v) is 3.17. The maximum atomic E-state index is 3.66. The van der Waals surface area contributed by atoms with Crippen molar-refractivity contribution in [2.45, 2.75) is 6.92 Å². The van der Waals surface area contributed by atoms with Crippen LogP contribution in [-0.2, 0) is 0 Å². The fraction of sp³-hybridized carbons (Fsp3) is 0.429. The van der Waals surface area contributed by atoms with E-state index in [2.05, 4.69) is 24.6 Å². The van der Waals surface area contributed by atoms with Crippen LogP contribution in [0.3, 0.4) is 0 Å². The molecule has 0 aromatic heterocycles. The Hall–Kier alpha value is -0.990. The van der Waals surface area contributed by atoms with Gasteiger partial charge in [0.2, 0.25) is 0 Å². The predicted molar refractivity (Wildman–Crippen MR) is 40.9 cm³/mol. The topological polar surface area (TPSA) is 6.48 Å². The van der Waals surface area contributed by atoms with E-state index < -0.39 is 0 Å². The third-order valence-electron chi connectivity index (χ3n) is 1.45. The number of hydrogen-bond donors (Lipinski definition) is 0. The predicted octanol–water partition coefficient (Wildman–Crippen LogP) is 1.35. The first kappa shape index (κ1) is 9.01. The van der Waals surface area contributed by atoms with Gasteiger partial charge in [-0.15, -0.1) is 0 Å². The molecule has 0 bridgehead atoms. The first-order valence-electron chi connectivity index (χ1n) is 3.17. The van der Waals surface area contributed by atoms with Crippen molar-refractivity contribution in [3.05, 3.63) is 25.2 Å². The molecule has 0 aromatic rings. The van der Waals surface area contributed by atoms with E-state index in [0.717, 1.165) is 13.2 Å². The fourth-order valence-electron chi connectivity index (χ4n) is 0.808. The highest BCUT2D eigenvalue weighted by Crippen LogP contribution is 2.04. The molecule has 1 aliphatic heterocycles. The lowest BCUT2D eigenvalue weighted by Gasteiger charge is -2.15. The average Bonchev–Trinajstić information content (AvgIpc) is 2.34. The van der Waals surface area contributed by atoms with E-state index in [1.807, 2.05) is 17.3 Å². The molecule has 1 aliphatic rings. The summed E-state index contributed by atoms with van der Waals surface area (Å²) >= 11 is 0. The minimum atomic E-state index is 0. The smallest absolute Gasteiger partial charge is 0.0935 e. The molecular weight excluding hydrogens is 131 g/mol. The molecule has 0 saturated carbocycles. The zero-order valence-electron chi connectivity index (χ0n) is 6.16. The Morgan fingerprint density at radius 3 is 2.60 bits per heavy atom. The lowest BCUT2D eigenvalue weighted by molar-refractivity contribution is 0.328. The maximum Gasteiger partial charge on any atom is 0.0935 e. The van der Waals surface area contributed by atoms with Gasteiger partial charge in [-0.2, -0.15) is 0 Å². The van der Waals surface area contributed by atoms with Gasteiger partial charge < -0.3 is 9.80 Å². The van der Waals surface area contributed by atoms with Crippen LogP contribution >= 0.6 is 0 Å². The Bertz CT molecular complexity index is 134. The normalized spacial score (nSPS) is 15.3. The fourth-order valence-corrected chi connectivity index (χ4v) is 0.808. The summed E-state index contributed by atoms with van der Waals surface area (Å²) in [7, 11) is 0. The van der Waals surface area contributed by atoms with Crippen LogP contribution in [0.25, 0.3) is 0 Å². The standard InChI is InChI=1S/C7H12N2.FH/c1-3-8-5-6-9(4-2)7-8;/h3,5-6H,1,4,7H2,2H3;1H. The van der Waals surface area contributed by atoms with Gasteiger partial charge in [0.15, 0.2) is 0 Å². The van der Waals surface area contributed by atoms with Crippen molar-refractivity contribution in [1.82, 2.24) is 9.80 Å². The monoisotopic (exact) mass is 144 g/mol. The quantitative estimate of drug-likeness (QED) is 0.577. The Balaban J connectivity index is 0.000000810. The summed E-state index contributed by atoms with van der Waals surface area (Å²) in [5, 5.41) is 0. The number of hydrogen-bond acceptors (Lipinski definition) is 2. The van der Waals surface area contributed by atoms with Crippen molar-refractivity contribution in [2.75, 3.05) is 13.2 Å². The van der Waals surface area contributed by atoms with Crippen LogP contribution in [0.4, 0.5) is 4.70 Å². The first-order chi connectivity index (χ1) is 4.36. The Kier molecular flexibility index (Phi) is 3.54. The lowest BCUT2D eigenvalue weighted by Crippen LogP contribution is -2.20. The van der Waals surface area contributed by atoms with E-state index in [9.17, 15) is 0 Å². The van der Waals surface area contributed by atoms with Crippen molar-refractivity contribution < 1.29 is 4.70 Å². The van der Waals surface area contributed by atoms with E-state index >= 15 is 0 Å². The van der Waals surface area contributed by atoms with Crippen LogP contribution in [0.2, 0.25) is 0 Å². The number of halogens is 1. The highest BCUT2D eigenvalue weighted by Gasteiger charge is 2.05. The molecule has 0 saturated heterocycles. The van der Waals surface area contributed by atoms with Gasteiger partial charge in [0.05, 0.1) is 6.67 Å². The number of nitrogens with zero attached hydrogens (tertiary/aromatic N) is 2. The minimum absolute atomic E-state index is 0. The second-order valence-corrected chi connectivity index (χ2v) is 2.04. The molecule has 0 spiro atoms. The third-order valence-corrected chi connectivity index (χ3v) is 1.45. The third kappa shape index (κ3) is 1.76. The molecule has 0 aromatic carbocycles. The Labute approximate surface area is 60.8 Å². The highest BCUT2D eigenvalue weighted by molar-refractivity contribution is 4.94. The van der Waals surface area contributed by atoms with Gasteiger partial charge in [-0.05, 0) is 13.1 Å². The van der Waals surface area contributed by atoms with Crippen molar-refractivity contribution >= 4 is 0 Å². The molecule has 0 unspecified atom stereocenters. The van der Waals surface area contributed by atoms with Gasteiger partial charge in [0, 0.05) is 18.9 Å². The molecule has 58 valence electrons. The van der Waals surface area contributed by atoms with Crippen molar-refractivity contribution in [2.24, 2.45) is 0 Å². The summed E-state index contributed by atoms with van der Waals surface area (Å²) < 4.78 is 0. The van der Waals surface area contributed by atoms with Crippen molar-refractivity contribution in [1.29, 1.82) is 0 Å². The molecule has 0 fully saturated rings. The van der Waals surface area contributed by atoms with Crippen LogP contribution < -0.4 is 0 Å². The molecular formula is C7H13FN2. The zero-order valence-corrected chi connectivity index (χ0v) is 6.16. The molecule has 0 atom stereocenters. The lowest BCUT2D eigenvalue weighted by atomic mass is 10.6. The second-order valence-electron chi connectivity index (χ2n) is 2.04. The minimum Gasteiger partial charge on any atom is -0.359 e. The SMILES string of the molecule is C=CN1C=CN(CC)C1.F. The van der Waals surface area contributed by atoms with Gasteiger partial charge in [-0.25, -0.2) is 0 Å². The summed E-state index contributed by atoms with van der Waals surface area (Å²) in [6.45, 7) is 7.82. The summed E-state index contributed by atoms with van der Waals surface area (Å²) in [5.74, 6) is 0. The van der Waals surface area contributed by atoms with E-state index in [-0.39, 0.29) is 4.70 Å². The van der Waals surface area contributed by atoms with Gasteiger partial charge in [0.1, 0.15) is 0 Å². The van der Waals surface area contributed by atoms with Gasteiger partial charge in [-0.3, -0.25) is 4.70 Å². The molecule has 10 heavy (non-hydrogen) atoms. The molecule has 3 heteroatoms. The molecule has 1 heterocycles. The summed E-state index contributed by atoms with van der Waals surface area (Å²) in [6, 6.07) is 0. The summed E-state index contributed by atoms with van der Waals surface area (Å²) in [5.41, 5.74) is 0. The van der Waals surface area contributed by atoms with Crippen LogP contribution in [0.5, 0.6) is 0 Å². The molecule has 2 nitrogen and oxygen atoms in total. The van der Waals surface area contributed by atoms with Crippen LogP contribution in [0.15, 0.2) is 25.2 Å². The molecule has 0 aliphatic carbocycles. The Morgan fingerprint density at radius 1 is 1.60 bits per heavy atom. The van der Waals surface area contributed by atoms with Crippen LogP contribution in [0, 0.1) is 0 Å². The van der Waals surface area contributed by atoms with E-state index in [1.54, 1.807) is 0 Å². The highest BCUT2D eigenvalue weighted by atomic mass is 19.0. The van der Waals surface area contributed by atoms with E-state index in [1.165, 1.54) is 0 Å². The second kappa shape index (κ2) is 3.93. The zero-order chi connectivity index (χ0) is 6.69. The number of rotatable bonds is 2. The summed E-state index contributed by atoms with van der Waals surface area (Å²) in [4.78, 5) is 4.26.